The molecule has 2 N–H and O–H groups in total. The first kappa shape index (κ1) is 22.3. The van der Waals surface area contributed by atoms with Crippen molar-refractivity contribution < 1.29 is 17.6 Å². The number of rotatable bonds is 5. The van der Waals surface area contributed by atoms with Gasteiger partial charge in [-0.05, 0) is 62.2 Å². The zero-order valence-corrected chi connectivity index (χ0v) is 19.1. The van der Waals surface area contributed by atoms with Gasteiger partial charge < -0.3 is 9.73 Å². The van der Waals surface area contributed by atoms with Gasteiger partial charge in [-0.25, -0.2) is 13.2 Å². The Hall–Kier alpha value is -3.91. The molecule has 168 valence electrons. The van der Waals surface area contributed by atoms with Crippen molar-refractivity contribution in [2.75, 3.05) is 10.0 Å². The maximum atomic E-state index is 13.1. The van der Waals surface area contributed by atoms with E-state index in [0.717, 1.165) is 11.1 Å². The first-order valence-electron chi connectivity index (χ1n) is 10.2. The number of amides is 1. The average molecular weight is 463 g/mol. The molecule has 3 aromatic carbocycles. The second-order valence-corrected chi connectivity index (χ2v) is 9.49. The molecule has 0 spiro atoms. The second-order valence-electron chi connectivity index (χ2n) is 7.84. The van der Waals surface area contributed by atoms with E-state index >= 15 is 0 Å². The van der Waals surface area contributed by atoms with Crippen LogP contribution in [0.2, 0.25) is 0 Å². The third kappa shape index (κ3) is 4.65. The molecule has 0 saturated heterocycles. The highest BCUT2D eigenvalue weighted by Gasteiger charge is 2.20. The maximum absolute atomic E-state index is 13.1. The molecule has 0 unspecified atom stereocenters. The molecule has 4 rings (SSSR count). The van der Waals surface area contributed by atoms with Gasteiger partial charge in [-0.2, -0.15) is 0 Å². The average Bonchev–Trinajstić information content (AvgIpc) is 2.76. The summed E-state index contributed by atoms with van der Waals surface area (Å²) in [6.45, 7) is 5.42. The van der Waals surface area contributed by atoms with Crippen LogP contribution in [0.4, 0.5) is 11.4 Å². The number of nitrogens with one attached hydrogen (secondary N) is 2. The Morgan fingerprint density at radius 1 is 0.879 bits per heavy atom. The summed E-state index contributed by atoms with van der Waals surface area (Å²) < 4.78 is 34.0. The Balaban J connectivity index is 1.64. The van der Waals surface area contributed by atoms with Crippen LogP contribution in [0.3, 0.4) is 0 Å². The summed E-state index contributed by atoms with van der Waals surface area (Å²) in [5.74, 6) is -0.691. The van der Waals surface area contributed by atoms with E-state index < -0.39 is 21.6 Å². The van der Waals surface area contributed by atoms with E-state index in [2.05, 4.69) is 10.0 Å². The monoisotopic (exact) mass is 462 g/mol. The molecule has 0 saturated carbocycles. The van der Waals surface area contributed by atoms with Gasteiger partial charge in [0.2, 0.25) is 0 Å². The van der Waals surface area contributed by atoms with Gasteiger partial charge in [0.05, 0.1) is 10.6 Å². The van der Waals surface area contributed by atoms with Gasteiger partial charge in [0.25, 0.3) is 15.9 Å². The lowest BCUT2D eigenvalue weighted by Crippen LogP contribution is -2.21. The van der Waals surface area contributed by atoms with Gasteiger partial charge in [-0.1, -0.05) is 42.0 Å². The van der Waals surface area contributed by atoms with Crippen LogP contribution in [0, 0.1) is 20.8 Å². The van der Waals surface area contributed by atoms with Crippen molar-refractivity contribution >= 4 is 38.3 Å². The van der Waals surface area contributed by atoms with Gasteiger partial charge in [0.15, 0.2) is 0 Å². The van der Waals surface area contributed by atoms with Crippen molar-refractivity contribution in [3.8, 4) is 0 Å². The minimum atomic E-state index is -3.92. The first-order valence-corrected chi connectivity index (χ1v) is 11.7. The highest BCUT2D eigenvalue weighted by atomic mass is 32.2. The van der Waals surface area contributed by atoms with Crippen LogP contribution in [-0.2, 0) is 10.0 Å². The number of hydrogen-bond donors (Lipinski definition) is 2. The number of para-hydroxylation sites is 1. The first-order chi connectivity index (χ1) is 15.6. The molecule has 7 nitrogen and oxygen atoms in total. The Kier molecular flexibility index (Phi) is 5.78. The zero-order chi connectivity index (χ0) is 23.8. The third-order valence-electron chi connectivity index (χ3n) is 5.25. The summed E-state index contributed by atoms with van der Waals surface area (Å²) in [4.78, 5) is 25.0. The Labute approximate surface area is 191 Å². The lowest BCUT2D eigenvalue weighted by molar-refractivity contribution is 0.102. The molecule has 0 aliphatic heterocycles. The van der Waals surface area contributed by atoms with Crippen LogP contribution in [0.15, 0.2) is 80.8 Å². The largest absolute Gasteiger partial charge is 0.422 e. The summed E-state index contributed by atoms with van der Waals surface area (Å²) in [6.07, 6.45) is 0. The van der Waals surface area contributed by atoms with Crippen LogP contribution in [0.25, 0.3) is 11.0 Å². The van der Waals surface area contributed by atoms with E-state index in [1.165, 1.54) is 12.1 Å². The van der Waals surface area contributed by atoms with E-state index in [4.69, 9.17) is 4.42 Å². The number of aryl methyl sites for hydroxylation is 3. The van der Waals surface area contributed by atoms with Crippen LogP contribution in [-0.4, -0.2) is 14.3 Å². The molecule has 0 atom stereocenters. The van der Waals surface area contributed by atoms with Crippen molar-refractivity contribution in [2.24, 2.45) is 0 Å². The molecular weight excluding hydrogens is 440 g/mol. The van der Waals surface area contributed by atoms with Crippen molar-refractivity contribution in [3.05, 3.63) is 99.4 Å². The lowest BCUT2D eigenvalue weighted by Gasteiger charge is -2.14. The van der Waals surface area contributed by atoms with Gasteiger partial charge in [0.1, 0.15) is 11.1 Å². The lowest BCUT2D eigenvalue weighted by atomic mass is 10.1. The SMILES string of the molecule is Cc1ccc(NS(=O)(=O)c2cc(NC(=O)c3cc4ccccc4oc3=O)ccc2C)c(C)c1. The van der Waals surface area contributed by atoms with Gasteiger partial charge in [-0.15, -0.1) is 0 Å². The van der Waals surface area contributed by atoms with Gasteiger partial charge >= 0.3 is 5.63 Å². The maximum Gasteiger partial charge on any atom is 0.349 e. The van der Waals surface area contributed by atoms with Gasteiger partial charge in [-0.3, -0.25) is 9.52 Å². The highest BCUT2D eigenvalue weighted by molar-refractivity contribution is 7.92. The quantitative estimate of drug-likeness (QED) is 0.416. The van der Waals surface area contributed by atoms with Crippen molar-refractivity contribution in [2.45, 2.75) is 25.7 Å². The molecule has 1 amide bonds. The Morgan fingerprint density at radius 3 is 2.39 bits per heavy atom. The number of carbonyl (C=O) groups is 1. The van der Waals surface area contributed by atoms with Crippen LogP contribution in [0.1, 0.15) is 27.0 Å². The Bertz CT molecular complexity index is 1560. The Morgan fingerprint density at radius 2 is 1.64 bits per heavy atom. The topological polar surface area (TPSA) is 105 Å². The molecule has 4 aromatic rings. The normalized spacial score (nSPS) is 11.4. The molecule has 33 heavy (non-hydrogen) atoms. The van der Waals surface area contributed by atoms with E-state index in [-0.39, 0.29) is 16.1 Å². The number of fused-ring (bicyclic) bond motifs is 1. The smallest absolute Gasteiger partial charge is 0.349 e. The predicted molar refractivity (Wildman–Crippen MR) is 128 cm³/mol. The fourth-order valence-electron chi connectivity index (χ4n) is 3.51. The molecule has 1 heterocycles. The molecule has 0 fully saturated rings. The fourth-order valence-corrected chi connectivity index (χ4v) is 4.92. The van der Waals surface area contributed by atoms with Crippen molar-refractivity contribution in [1.82, 2.24) is 0 Å². The molecule has 0 radical (unpaired) electrons. The third-order valence-corrected chi connectivity index (χ3v) is 6.76. The number of hydrogen-bond acceptors (Lipinski definition) is 5. The second kappa shape index (κ2) is 8.55. The van der Waals surface area contributed by atoms with Crippen molar-refractivity contribution in [3.63, 3.8) is 0 Å². The standard InChI is InChI=1S/C25H22N2O5S/c1-15-8-11-21(17(3)12-15)27-33(30,31)23-14-19(10-9-16(23)2)26-24(28)20-13-18-6-4-5-7-22(18)32-25(20)29/h4-14,27H,1-3H3,(H,26,28). The summed E-state index contributed by atoms with van der Waals surface area (Å²) in [5.41, 5.74) is 2.46. The minimum Gasteiger partial charge on any atom is -0.422 e. The van der Waals surface area contributed by atoms with E-state index in [1.807, 2.05) is 26.0 Å². The number of sulfonamides is 1. The number of carbonyl (C=O) groups excluding carboxylic acids is 1. The minimum absolute atomic E-state index is 0.0193. The van der Waals surface area contributed by atoms with Crippen molar-refractivity contribution in [1.29, 1.82) is 0 Å². The number of anilines is 2. The molecule has 1 aromatic heterocycles. The van der Waals surface area contributed by atoms with Crippen LogP contribution >= 0.6 is 0 Å². The highest BCUT2D eigenvalue weighted by Crippen LogP contribution is 2.25. The summed E-state index contributed by atoms with van der Waals surface area (Å²) in [7, 11) is -3.92. The number of benzene rings is 3. The van der Waals surface area contributed by atoms with E-state index in [9.17, 15) is 18.0 Å². The zero-order valence-electron chi connectivity index (χ0n) is 18.3. The van der Waals surface area contributed by atoms with Crippen LogP contribution in [0.5, 0.6) is 0 Å². The van der Waals surface area contributed by atoms with E-state index in [1.54, 1.807) is 49.4 Å². The summed E-state index contributed by atoms with van der Waals surface area (Å²) in [6, 6.07) is 18.3. The molecular formula is C25H22N2O5S. The van der Waals surface area contributed by atoms with Gasteiger partial charge in [0, 0.05) is 11.1 Å². The molecule has 0 aliphatic carbocycles. The predicted octanol–water partition coefficient (Wildman–Crippen LogP) is 4.77. The summed E-state index contributed by atoms with van der Waals surface area (Å²) in [5, 5.41) is 3.20. The molecule has 0 aliphatic rings. The fraction of sp³-hybridized carbons (Fsp3) is 0.120. The summed E-state index contributed by atoms with van der Waals surface area (Å²) >= 11 is 0. The molecule has 0 bridgehead atoms. The molecule has 8 heteroatoms. The van der Waals surface area contributed by atoms with Crippen LogP contribution < -0.4 is 15.7 Å². The van der Waals surface area contributed by atoms with E-state index in [0.29, 0.717) is 22.2 Å².